The molecule has 0 aliphatic carbocycles. The molecule has 1 aliphatic heterocycles. The molecule has 1 fully saturated rings. The van der Waals surface area contributed by atoms with Gasteiger partial charge in [0, 0.05) is 13.1 Å². The Bertz CT molecular complexity index is 545. The summed E-state index contributed by atoms with van der Waals surface area (Å²) in [6.45, 7) is 6.74. The summed E-state index contributed by atoms with van der Waals surface area (Å²) in [5, 5.41) is 4.30. The van der Waals surface area contributed by atoms with Gasteiger partial charge < -0.3 is 10.1 Å². The van der Waals surface area contributed by atoms with Gasteiger partial charge in [-0.1, -0.05) is 6.07 Å². The number of rotatable bonds is 3. The molecule has 2 aromatic rings. The fraction of sp³-hybridized carbons (Fsp3) is 0.462. The van der Waals surface area contributed by atoms with Gasteiger partial charge in [0.25, 0.3) is 0 Å². The van der Waals surface area contributed by atoms with E-state index >= 15 is 0 Å². The largest absolute Gasteiger partial charge is 0.365 e. The summed E-state index contributed by atoms with van der Waals surface area (Å²) >= 11 is 1.72. The Morgan fingerprint density at radius 2 is 2.29 bits per heavy atom. The fourth-order valence-electron chi connectivity index (χ4n) is 1.96. The van der Waals surface area contributed by atoms with Crippen molar-refractivity contribution < 1.29 is 4.74 Å². The van der Waals surface area contributed by atoms with Crippen molar-refractivity contribution >= 4 is 21.6 Å². The summed E-state index contributed by atoms with van der Waals surface area (Å²) in [5.74, 6) is 0. The standard InChI is InChI=1S/C13H16N2OS/c1-9-3-4-11-10(5-9)15-12(17-11)6-16-13(2)7-14-8-13/h3-5,14H,6-8H2,1-2H3. The number of benzene rings is 1. The van der Waals surface area contributed by atoms with Crippen LogP contribution in [0.15, 0.2) is 18.2 Å². The molecular weight excluding hydrogens is 232 g/mol. The Kier molecular flexibility index (Phi) is 2.65. The van der Waals surface area contributed by atoms with Crippen molar-refractivity contribution in [2.45, 2.75) is 26.1 Å². The Morgan fingerprint density at radius 3 is 3.00 bits per heavy atom. The quantitative estimate of drug-likeness (QED) is 0.906. The normalized spacial score (nSPS) is 18.2. The van der Waals surface area contributed by atoms with E-state index in [0.717, 1.165) is 23.6 Å². The Labute approximate surface area is 105 Å². The van der Waals surface area contributed by atoms with Gasteiger partial charge >= 0.3 is 0 Å². The predicted molar refractivity (Wildman–Crippen MR) is 70.4 cm³/mol. The number of aryl methyl sites for hydroxylation is 1. The topological polar surface area (TPSA) is 34.1 Å². The lowest BCUT2D eigenvalue weighted by Gasteiger charge is -2.38. The third-order valence-corrected chi connectivity index (χ3v) is 4.14. The lowest BCUT2D eigenvalue weighted by atomic mass is 10.0. The second kappa shape index (κ2) is 4.05. The maximum atomic E-state index is 5.90. The maximum Gasteiger partial charge on any atom is 0.120 e. The molecule has 0 unspecified atom stereocenters. The van der Waals surface area contributed by atoms with Crippen LogP contribution in [0, 0.1) is 6.92 Å². The zero-order valence-corrected chi connectivity index (χ0v) is 10.9. The molecule has 17 heavy (non-hydrogen) atoms. The van der Waals surface area contributed by atoms with E-state index in [-0.39, 0.29) is 5.60 Å². The molecule has 0 atom stereocenters. The van der Waals surface area contributed by atoms with Gasteiger partial charge in [-0.2, -0.15) is 0 Å². The molecule has 1 aromatic carbocycles. The van der Waals surface area contributed by atoms with Gasteiger partial charge in [0.15, 0.2) is 0 Å². The van der Waals surface area contributed by atoms with Crippen LogP contribution in [0.25, 0.3) is 10.2 Å². The van der Waals surface area contributed by atoms with E-state index in [9.17, 15) is 0 Å². The molecule has 1 N–H and O–H groups in total. The van der Waals surface area contributed by atoms with Gasteiger partial charge in [-0.3, -0.25) is 0 Å². The molecule has 0 bridgehead atoms. The Hall–Kier alpha value is -0.970. The highest BCUT2D eigenvalue weighted by Crippen LogP contribution is 2.25. The molecule has 0 radical (unpaired) electrons. The van der Waals surface area contributed by atoms with E-state index in [1.807, 2.05) is 0 Å². The number of nitrogens with zero attached hydrogens (tertiary/aromatic N) is 1. The van der Waals surface area contributed by atoms with Crippen molar-refractivity contribution in [3.8, 4) is 0 Å². The zero-order chi connectivity index (χ0) is 11.9. The van der Waals surface area contributed by atoms with Crippen LogP contribution < -0.4 is 5.32 Å². The van der Waals surface area contributed by atoms with Crippen molar-refractivity contribution in [2.75, 3.05) is 13.1 Å². The molecular formula is C13H16N2OS. The van der Waals surface area contributed by atoms with E-state index in [0.29, 0.717) is 6.61 Å². The molecule has 90 valence electrons. The molecule has 0 spiro atoms. The molecule has 1 saturated heterocycles. The van der Waals surface area contributed by atoms with Crippen LogP contribution in [-0.2, 0) is 11.3 Å². The van der Waals surface area contributed by atoms with E-state index in [2.05, 4.69) is 42.3 Å². The minimum Gasteiger partial charge on any atom is -0.365 e. The number of aromatic nitrogens is 1. The second-order valence-electron chi connectivity index (χ2n) is 4.92. The molecule has 4 heteroatoms. The van der Waals surface area contributed by atoms with Crippen molar-refractivity contribution in [3.63, 3.8) is 0 Å². The Balaban J connectivity index is 1.76. The third-order valence-electron chi connectivity index (χ3n) is 3.13. The average molecular weight is 248 g/mol. The minimum absolute atomic E-state index is 0.00771. The lowest BCUT2D eigenvalue weighted by molar-refractivity contribution is -0.0767. The number of ether oxygens (including phenoxy) is 1. The first-order valence-electron chi connectivity index (χ1n) is 5.85. The molecule has 1 aliphatic rings. The molecule has 3 rings (SSSR count). The van der Waals surface area contributed by atoms with Crippen molar-refractivity contribution in [1.82, 2.24) is 10.3 Å². The van der Waals surface area contributed by atoms with Crippen LogP contribution >= 0.6 is 11.3 Å². The zero-order valence-electron chi connectivity index (χ0n) is 10.1. The van der Waals surface area contributed by atoms with Crippen molar-refractivity contribution in [3.05, 3.63) is 28.8 Å². The van der Waals surface area contributed by atoms with Gasteiger partial charge in [0.2, 0.25) is 0 Å². The third kappa shape index (κ3) is 2.20. The molecule has 3 nitrogen and oxygen atoms in total. The number of thiazole rings is 1. The van der Waals surface area contributed by atoms with E-state index < -0.39 is 0 Å². The second-order valence-corrected chi connectivity index (χ2v) is 6.04. The van der Waals surface area contributed by atoms with Crippen LogP contribution in [0.5, 0.6) is 0 Å². The van der Waals surface area contributed by atoms with Crippen LogP contribution in [0.3, 0.4) is 0 Å². The SMILES string of the molecule is Cc1ccc2sc(COC3(C)CNC3)nc2c1. The highest BCUT2D eigenvalue weighted by atomic mass is 32.1. The summed E-state index contributed by atoms with van der Waals surface area (Å²) in [6.07, 6.45) is 0. The van der Waals surface area contributed by atoms with Gasteiger partial charge in [0.1, 0.15) is 5.01 Å². The predicted octanol–water partition coefficient (Wildman–Crippen LogP) is 2.48. The molecule has 2 heterocycles. The van der Waals surface area contributed by atoms with Crippen molar-refractivity contribution in [2.24, 2.45) is 0 Å². The highest BCUT2D eigenvalue weighted by Gasteiger charge is 2.32. The number of nitrogens with one attached hydrogen (secondary N) is 1. The smallest absolute Gasteiger partial charge is 0.120 e. The van der Waals surface area contributed by atoms with Gasteiger partial charge in [-0.15, -0.1) is 11.3 Å². The maximum absolute atomic E-state index is 5.90. The van der Waals surface area contributed by atoms with E-state index in [1.165, 1.54) is 10.3 Å². The van der Waals surface area contributed by atoms with Crippen molar-refractivity contribution in [1.29, 1.82) is 0 Å². The lowest BCUT2D eigenvalue weighted by Crippen LogP contribution is -2.58. The first-order valence-corrected chi connectivity index (χ1v) is 6.67. The fourth-order valence-corrected chi connectivity index (χ4v) is 2.82. The monoisotopic (exact) mass is 248 g/mol. The van der Waals surface area contributed by atoms with Gasteiger partial charge in [0.05, 0.1) is 22.4 Å². The summed E-state index contributed by atoms with van der Waals surface area (Å²) in [4.78, 5) is 4.61. The minimum atomic E-state index is 0.00771. The van der Waals surface area contributed by atoms with Crippen LogP contribution in [0.1, 0.15) is 17.5 Å². The highest BCUT2D eigenvalue weighted by molar-refractivity contribution is 7.18. The van der Waals surface area contributed by atoms with Crippen LogP contribution in [-0.4, -0.2) is 23.7 Å². The molecule has 0 amide bonds. The van der Waals surface area contributed by atoms with Crippen LogP contribution in [0.4, 0.5) is 0 Å². The summed E-state index contributed by atoms with van der Waals surface area (Å²) in [5.41, 5.74) is 2.35. The first kappa shape index (κ1) is 11.1. The van der Waals surface area contributed by atoms with Gasteiger partial charge in [-0.05, 0) is 31.5 Å². The molecule has 0 saturated carbocycles. The number of hydrogen-bond donors (Lipinski definition) is 1. The van der Waals surface area contributed by atoms with Gasteiger partial charge in [-0.25, -0.2) is 4.98 Å². The van der Waals surface area contributed by atoms with E-state index in [1.54, 1.807) is 11.3 Å². The summed E-state index contributed by atoms with van der Waals surface area (Å²) < 4.78 is 7.14. The number of hydrogen-bond acceptors (Lipinski definition) is 4. The van der Waals surface area contributed by atoms with E-state index in [4.69, 9.17) is 4.74 Å². The Morgan fingerprint density at radius 1 is 1.47 bits per heavy atom. The average Bonchev–Trinajstić information content (AvgIpc) is 2.65. The number of fused-ring (bicyclic) bond motifs is 1. The summed E-state index contributed by atoms with van der Waals surface area (Å²) in [7, 11) is 0. The first-order chi connectivity index (χ1) is 8.15. The molecule has 1 aromatic heterocycles. The summed E-state index contributed by atoms with van der Waals surface area (Å²) in [6, 6.07) is 6.39. The van der Waals surface area contributed by atoms with Crippen LogP contribution in [0.2, 0.25) is 0 Å².